The van der Waals surface area contributed by atoms with E-state index in [-0.39, 0.29) is 11.3 Å². The molecule has 0 unspecified atom stereocenters. The van der Waals surface area contributed by atoms with Crippen LogP contribution in [0.4, 0.5) is 13.2 Å². The third-order valence-electron chi connectivity index (χ3n) is 5.77. The number of rotatable bonds is 9. The zero-order chi connectivity index (χ0) is 26.2. The molecule has 0 bridgehead atoms. The number of sulfonamides is 1. The number of aryl methyl sites for hydroxylation is 1. The topological polar surface area (TPSA) is 124 Å². The third kappa shape index (κ3) is 9.98. The Balaban J connectivity index is 0.000000718. The molecule has 1 saturated heterocycles. The van der Waals surface area contributed by atoms with Crippen LogP contribution >= 0.6 is 0 Å². The summed E-state index contributed by atoms with van der Waals surface area (Å²) in [6.07, 6.45) is -0.0114. The number of benzene rings is 1. The minimum absolute atomic E-state index is 0.193. The molecule has 0 spiro atoms. The van der Waals surface area contributed by atoms with Gasteiger partial charge in [-0.3, -0.25) is 4.79 Å². The van der Waals surface area contributed by atoms with Gasteiger partial charge in [0, 0.05) is 12.8 Å². The molecular formula is C22H33F3N2O6S. The lowest BCUT2D eigenvalue weighted by atomic mass is 9.85. The Hall–Kier alpha value is -2.18. The van der Waals surface area contributed by atoms with E-state index in [2.05, 4.69) is 25.7 Å². The summed E-state index contributed by atoms with van der Waals surface area (Å²) in [5.41, 5.74) is 0.206. The smallest absolute Gasteiger partial charge is 0.430 e. The van der Waals surface area contributed by atoms with Crippen LogP contribution in [0.15, 0.2) is 29.2 Å². The van der Waals surface area contributed by atoms with E-state index >= 15 is 0 Å². The van der Waals surface area contributed by atoms with E-state index in [1.165, 1.54) is 0 Å². The van der Waals surface area contributed by atoms with Gasteiger partial charge in [-0.2, -0.15) is 13.2 Å². The predicted octanol–water partition coefficient (Wildman–Crippen LogP) is 2.08. The molecule has 1 fully saturated rings. The Kier molecular flexibility index (Phi) is 10.5. The first-order chi connectivity index (χ1) is 15.5. The summed E-state index contributed by atoms with van der Waals surface area (Å²) in [4.78, 5) is 20.4. The summed E-state index contributed by atoms with van der Waals surface area (Å²) in [5, 5.41) is 18.1. The molecule has 0 aliphatic carbocycles. The highest BCUT2D eigenvalue weighted by Crippen LogP contribution is 2.30. The molecular weight excluding hydrogens is 477 g/mol. The Bertz CT molecular complexity index is 921. The molecule has 1 aromatic carbocycles. The molecule has 1 aliphatic rings. The maximum atomic E-state index is 12.9. The first-order valence-electron chi connectivity index (χ1n) is 11.0. The highest BCUT2D eigenvalue weighted by Gasteiger charge is 2.43. The number of piperidine rings is 1. The fraction of sp³-hybridized carbons (Fsp3) is 0.636. The van der Waals surface area contributed by atoms with E-state index < -0.39 is 33.7 Å². The fourth-order valence-corrected chi connectivity index (χ4v) is 5.09. The van der Waals surface area contributed by atoms with Gasteiger partial charge < -0.3 is 19.5 Å². The highest BCUT2D eigenvalue weighted by atomic mass is 32.2. The second-order valence-corrected chi connectivity index (χ2v) is 10.9. The minimum atomic E-state index is -5.19. The van der Waals surface area contributed by atoms with Crippen molar-refractivity contribution in [2.45, 2.75) is 68.5 Å². The van der Waals surface area contributed by atoms with Crippen molar-refractivity contribution >= 4 is 22.0 Å². The van der Waals surface area contributed by atoms with Gasteiger partial charge in [0.2, 0.25) is 10.0 Å². The van der Waals surface area contributed by atoms with Crippen LogP contribution < -0.4 is 9.83 Å². The van der Waals surface area contributed by atoms with Crippen molar-refractivity contribution in [3.8, 4) is 0 Å². The van der Waals surface area contributed by atoms with Crippen LogP contribution in [0.5, 0.6) is 0 Å². The lowest BCUT2D eigenvalue weighted by molar-refractivity contribution is -0.896. The fourth-order valence-electron chi connectivity index (χ4n) is 3.63. The highest BCUT2D eigenvalue weighted by molar-refractivity contribution is 7.89. The average molecular weight is 511 g/mol. The Morgan fingerprint density at radius 3 is 2.03 bits per heavy atom. The molecule has 1 heterocycles. The molecule has 0 saturated carbocycles. The molecule has 0 amide bonds. The van der Waals surface area contributed by atoms with Crippen molar-refractivity contribution in [3.63, 3.8) is 0 Å². The number of hydrogen-bond acceptors (Lipinski definition) is 5. The van der Waals surface area contributed by atoms with E-state index in [0.29, 0.717) is 12.8 Å². The van der Waals surface area contributed by atoms with Gasteiger partial charge in [0.1, 0.15) is 5.97 Å². The summed E-state index contributed by atoms with van der Waals surface area (Å²) in [6, 6.07) is 6.96. The maximum absolute atomic E-state index is 12.9. The van der Waals surface area contributed by atoms with Crippen molar-refractivity contribution in [2.75, 3.05) is 27.2 Å². The molecule has 34 heavy (non-hydrogen) atoms. The van der Waals surface area contributed by atoms with Crippen molar-refractivity contribution in [3.05, 3.63) is 29.8 Å². The minimum Gasteiger partial charge on any atom is -0.542 e. The number of nitrogens with zero attached hydrogens (tertiary/aromatic N) is 1. The normalized spacial score (nSPS) is 17.4. The van der Waals surface area contributed by atoms with Crippen LogP contribution in [0.1, 0.15) is 51.0 Å². The van der Waals surface area contributed by atoms with Crippen molar-refractivity contribution in [1.82, 2.24) is 4.72 Å². The van der Waals surface area contributed by atoms with E-state index in [0.717, 1.165) is 48.8 Å². The first-order valence-corrected chi connectivity index (χ1v) is 12.5. The summed E-state index contributed by atoms with van der Waals surface area (Å²) in [7, 11) is 0.396. The summed E-state index contributed by atoms with van der Waals surface area (Å²) in [6.45, 7) is 3.64. The second-order valence-electron chi connectivity index (χ2n) is 9.23. The molecule has 0 radical (unpaired) electrons. The van der Waals surface area contributed by atoms with Crippen LogP contribution in [-0.2, 0) is 26.0 Å². The van der Waals surface area contributed by atoms with Crippen molar-refractivity contribution < 1.29 is 45.9 Å². The predicted molar refractivity (Wildman–Crippen MR) is 117 cm³/mol. The van der Waals surface area contributed by atoms with Gasteiger partial charge in [0.15, 0.2) is 0 Å². The standard InChI is InChI=1S/C20H32N2O4S.C2HF3O2/c1-4-5-6-7-17-8-10-18(11-9-17)27(25,26)21-20(16-19(23)24)12-14-22(2,3)15-13-20;3-2(4,5)1(6)7/h8-11,21H,4-7,12-16H2,1-3H3;(H,6,7). The zero-order valence-electron chi connectivity index (χ0n) is 19.7. The SMILES string of the molecule is CCCCCc1ccc(S(=O)(=O)NC2(CC(=O)O)CC[N+](C)(C)CC2)cc1.O=C([O-])C(F)(F)F. The monoisotopic (exact) mass is 510 g/mol. The number of alkyl halides is 3. The number of carboxylic acids is 2. The van der Waals surface area contributed by atoms with Crippen molar-refractivity contribution in [2.24, 2.45) is 0 Å². The van der Waals surface area contributed by atoms with Gasteiger partial charge in [-0.1, -0.05) is 31.9 Å². The number of hydrogen-bond donors (Lipinski definition) is 2. The molecule has 2 N–H and O–H groups in total. The number of carbonyl (C=O) groups excluding carboxylic acids is 1. The van der Waals surface area contributed by atoms with Crippen molar-refractivity contribution in [1.29, 1.82) is 0 Å². The maximum Gasteiger partial charge on any atom is 0.430 e. The van der Waals surface area contributed by atoms with Gasteiger partial charge in [-0.05, 0) is 30.5 Å². The molecule has 194 valence electrons. The number of unbranched alkanes of at least 4 members (excludes halogenated alkanes) is 2. The van der Waals surface area contributed by atoms with Gasteiger partial charge in [-0.25, -0.2) is 13.1 Å². The van der Waals surface area contributed by atoms with Crippen LogP contribution in [0.3, 0.4) is 0 Å². The second kappa shape index (κ2) is 12.0. The van der Waals surface area contributed by atoms with Gasteiger partial charge in [0.05, 0.1) is 44.0 Å². The lowest BCUT2D eigenvalue weighted by Gasteiger charge is -2.44. The van der Waals surface area contributed by atoms with Gasteiger partial charge in [0.25, 0.3) is 0 Å². The molecule has 8 nitrogen and oxygen atoms in total. The number of carboxylic acid groups (broad SMARTS) is 2. The van der Waals surface area contributed by atoms with Gasteiger partial charge >= 0.3 is 12.1 Å². The number of halogens is 3. The largest absolute Gasteiger partial charge is 0.542 e. The number of likely N-dealkylation sites (tertiary alicyclic amines) is 1. The average Bonchev–Trinajstić information content (AvgIpc) is 2.70. The molecule has 0 aromatic heterocycles. The molecule has 2 rings (SSSR count). The van der Waals surface area contributed by atoms with E-state index in [9.17, 15) is 31.5 Å². The number of aliphatic carboxylic acids is 2. The van der Waals surface area contributed by atoms with Crippen LogP contribution in [0, 0.1) is 0 Å². The Morgan fingerprint density at radius 1 is 1.12 bits per heavy atom. The van der Waals surface area contributed by atoms with Crippen LogP contribution in [0.2, 0.25) is 0 Å². The molecule has 1 aliphatic heterocycles. The number of carbonyl (C=O) groups is 2. The summed E-state index contributed by atoms with van der Waals surface area (Å²) >= 11 is 0. The zero-order valence-corrected chi connectivity index (χ0v) is 20.5. The lowest BCUT2D eigenvalue weighted by Crippen LogP contribution is -2.60. The third-order valence-corrected chi connectivity index (χ3v) is 7.36. The molecule has 12 heteroatoms. The Morgan fingerprint density at radius 2 is 1.62 bits per heavy atom. The summed E-state index contributed by atoms with van der Waals surface area (Å²) < 4.78 is 60.9. The van der Waals surface area contributed by atoms with E-state index in [4.69, 9.17) is 9.90 Å². The quantitative estimate of drug-likeness (QED) is 0.387. The van der Waals surface area contributed by atoms with Crippen LogP contribution in [-0.4, -0.2) is 68.8 Å². The Labute approximate surface area is 198 Å². The number of quaternary nitrogens is 1. The first kappa shape index (κ1) is 29.9. The molecule has 1 aromatic rings. The summed E-state index contributed by atoms with van der Waals surface area (Å²) in [5.74, 6) is -3.98. The molecule has 0 atom stereocenters. The number of nitrogens with one attached hydrogen (secondary N) is 1. The van der Waals surface area contributed by atoms with Gasteiger partial charge in [-0.15, -0.1) is 0 Å². The van der Waals surface area contributed by atoms with E-state index in [1.807, 2.05) is 12.1 Å². The van der Waals surface area contributed by atoms with E-state index in [1.54, 1.807) is 12.1 Å². The van der Waals surface area contributed by atoms with Crippen LogP contribution in [0.25, 0.3) is 0 Å².